The monoisotopic (exact) mass is 340 g/mol. The topological polar surface area (TPSA) is 98.4 Å². The number of aromatic nitrogens is 1. The second-order valence-electron chi connectivity index (χ2n) is 5.80. The van der Waals surface area contributed by atoms with Gasteiger partial charge in [0.2, 0.25) is 11.3 Å². The highest BCUT2D eigenvalue weighted by Crippen LogP contribution is 2.43. The zero-order valence-corrected chi connectivity index (χ0v) is 13.9. The molecule has 1 aliphatic heterocycles. The normalized spacial score (nSPS) is 15.3. The number of carbonyl (C=O) groups excluding carboxylic acids is 3. The summed E-state index contributed by atoms with van der Waals surface area (Å²) in [5.41, 5.74) is -0.542. The van der Waals surface area contributed by atoms with Crippen LogP contribution >= 0.6 is 0 Å². The molecule has 0 spiro atoms. The van der Waals surface area contributed by atoms with Gasteiger partial charge in [0.1, 0.15) is 0 Å². The molecule has 0 bridgehead atoms. The molecule has 0 fully saturated rings. The molecule has 0 atom stereocenters. The van der Waals surface area contributed by atoms with Crippen LogP contribution in [0.25, 0.3) is 10.9 Å². The summed E-state index contributed by atoms with van der Waals surface area (Å²) in [6.45, 7) is 0. The smallest absolute Gasteiger partial charge is 0.329 e. The Kier molecular flexibility index (Phi) is 4.05. The number of carbonyl (C=O) groups is 3. The molecule has 0 amide bonds. The predicted octanol–water partition coefficient (Wildman–Crippen LogP) is 1.73. The summed E-state index contributed by atoms with van der Waals surface area (Å²) < 4.78 is 11.1. The number of para-hydroxylation sites is 1. The number of methoxy groups -OCH3 is 2. The standard InChI is InChI=1S/C18H16N2O5/c1-24-16(22)18(17(23)25-2)9-7-14(21)20-13-6-4-3-5-11(13)12(8-10-19)15(18)20/h3-6H,7-9H2,1-2H3. The fraction of sp³-hybridized carbons (Fsp3) is 0.333. The number of nitriles is 1. The summed E-state index contributed by atoms with van der Waals surface area (Å²) in [6.07, 6.45) is -0.117. The van der Waals surface area contributed by atoms with Crippen molar-refractivity contribution in [3.8, 4) is 6.07 Å². The molecule has 1 aromatic heterocycles. The predicted molar refractivity (Wildman–Crippen MR) is 86.8 cm³/mol. The summed E-state index contributed by atoms with van der Waals surface area (Å²) in [5.74, 6) is -1.83. The van der Waals surface area contributed by atoms with Gasteiger partial charge in [-0.05, 0) is 18.1 Å². The molecule has 1 aromatic carbocycles. The summed E-state index contributed by atoms with van der Waals surface area (Å²) in [6, 6.07) is 9.07. The zero-order chi connectivity index (χ0) is 18.2. The van der Waals surface area contributed by atoms with Crippen molar-refractivity contribution in [3.05, 3.63) is 35.5 Å². The number of ether oxygens (including phenoxy) is 2. The summed E-state index contributed by atoms with van der Waals surface area (Å²) >= 11 is 0. The van der Waals surface area contributed by atoms with Gasteiger partial charge >= 0.3 is 11.9 Å². The minimum Gasteiger partial charge on any atom is -0.468 e. The number of hydrogen-bond acceptors (Lipinski definition) is 6. The fourth-order valence-electron chi connectivity index (χ4n) is 3.63. The molecule has 0 saturated heterocycles. The minimum absolute atomic E-state index is 0.0120. The molecule has 0 N–H and O–H groups in total. The summed E-state index contributed by atoms with van der Waals surface area (Å²) in [7, 11) is 2.36. The Hall–Kier alpha value is -3.14. The Labute approximate surface area is 143 Å². The van der Waals surface area contributed by atoms with Crippen molar-refractivity contribution in [1.82, 2.24) is 4.57 Å². The molecule has 3 rings (SSSR count). The maximum absolute atomic E-state index is 12.7. The van der Waals surface area contributed by atoms with E-state index in [2.05, 4.69) is 6.07 Å². The van der Waals surface area contributed by atoms with Crippen LogP contribution in [0, 0.1) is 11.3 Å². The molecule has 2 aromatic rings. The molecule has 7 nitrogen and oxygen atoms in total. The third-order valence-electron chi connectivity index (χ3n) is 4.67. The van der Waals surface area contributed by atoms with E-state index < -0.39 is 17.4 Å². The molecule has 1 aliphatic rings. The Morgan fingerprint density at radius 3 is 2.48 bits per heavy atom. The van der Waals surface area contributed by atoms with E-state index >= 15 is 0 Å². The summed E-state index contributed by atoms with van der Waals surface area (Å²) in [5, 5.41) is 9.91. The number of benzene rings is 1. The molecule has 25 heavy (non-hydrogen) atoms. The molecular weight excluding hydrogens is 324 g/mol. The van der Waals surface area contributed by atoms with E-state index in [0.29, 0.717) is 16.5 Å². The van der Waals surface area contributed by atoms with E-state index in [0.717, 1.165) is 0 Å². The minimum atomic E-state index is -1.76. The lowest BCUT2D eigenvalue weighted by Gasteiger charge is -2.33. The van der Waals surface area contributed by atoms with Gasteiger partial charge in [0.05, 0.1) is 37.9 Å². The molecule has 0 aliphatic carbocycles. The number of esters is 2. The molecule has 2 heterocycles. The lowest BCUT2D eigenvalue weighted by molar-refractivity contribution is -0.163. The Morgan fingerprint density at radius 1 is 1.24 bits per heavy atom. The van der Waals surface area contributed by atoms with E-state index in [1.54, 1.807) is 24.3 Å². The molecule has 0 saturated carbocycles. The van der Waals surface area contributed by atoms with Crippen molar-refractivity contribution >= 4 is 28.7 Å². The first-order valence-electron chi connectivity index (χ1n) is 7.72. The fourth-order valence-corrected chi connectivity index (χ4v) is 3.63. The van der Waals surface area contributed by atoms with Crippen LogP contribution in [0.1, 0.15) is 28.9 Å². The van der Waals surface area contributed by atoms with E-state index in [1.807, 2.05) is 0 Å². The molecule has 0 unspecified atom stereocenters. The van der Waals surface area contributed by atoms with Gasteiger partial charge in [-0.1, -0.05) is 18.2 Å². The van der Waals surface area contributed by atoms with Gasteiger partial charge in [0, 0.05) is 11.8 Å². The van der Waals surface area contributed by atoms with Gasteiger partial charge in [-0.15, -0.1) is 0 Å². The first-order valence-corrected chi connectivity index (χ1v) is 7.72. The van der Waals surface area contributed by atoms with Crippen molar-refractivity contribution in [2.45, 2.75) is 24.7 Å². The highest BCUT2D eigenvalue weighted by molar-refractivity contribution is 6.11. The van der Waals surface area contributed by atoms with Crippen molar-refractivity contribution in [2.24, 2.45) is 0 Å². The van der Waals surface area contributed by atoms with Crippen LogP contribution < -0.4 is 0 Å². The third-order valence-corrected chi connectivity index (χ3v) is 4.67. The first-order chi connectivity index (χ1) is 12.0. The van der Waals surface area contributed by atoms with Gasteiger partial charge in [-0.2, -0.15) is 5.26 Å². The Bertz CT molecular complexity index is 919. The molecule has 0 radical (unpaired) electrons. The number of fused-ring (bicyclic) bond motifs is 3. The van der Waals surface area contributed by atoms with Crippen molar-refractivity contribution in [1.29, 1.82) is 5.26 Å². The molecule has 128 valence electrons. The van der Waals surface area contributed by atoms with Crippen LogP contribution in [-0.4, -0.2) is 36.6 Å². The largest absolute Gasteiger partial charge is 0.468 e. The van der Waals surface area contributed by atoms with E-state index in [4.69, 9.17) is 9.47 Å². The van der Waals surface area contributed by atoms with E-state index in [-0.39, 0.29) is 30.9 Å². The zero-order valence-electron chi connectivity index (χ0n) is 13.9. The van der Waals surface area contributed by atoms with Gasteiger partial charge < -0.3 is 9.47 Å². The second-order valence-corrected chi connectivity index (χ2v) is 5.80. The highest BCUT2D eigenvalue weighted by Gasteiger charge is 2.56. The van der Waals surface area contributed by atoms with Crippen molar-refractivity contribution < 1.29 is 23.9 Å². The Balaban J connectivity index is 2.49. The average Bonchev–Trinajstić information content (AvgIpc) is 2.97. The quantitative estimate of drug-likeness (QED) is 0.623. The van der Waals surface area contributed by atoms with E-state index in [9.17, 15) is 19.6 Å². The van der Waals surface area contributed by atoms with Crippen LogP contribution in [-0.2, 0) is 30.9 Å². The van der Waals surface area contributed by atoms with Crippen LogP contribution in [0.5, 0.6) is 0 Å². The molecular formula is C18H16N2O5. The number of hydrogen-bond donors (Lipinski definition) is 0. The number of rotatable bonds is 3. The van der Waals surface area contributed by atoms with Crippen molar-refractivity contribution in [2.75, 3.05) is 14.2 Å². The lowest BCUT2D eigenvalue weighted by Crippen LogP contribution is -2.51. The Morgan fingerprint density at radius 2 is 1.88 bits per heavy atom. The molecule has 7 heteroatoms. The van der Waals surface area contributed by atoms with Crippen LogP contribution in [0.2, 0.25) is 0 Å². The van der Waals surface area contributed by atoms with Gasteiger partial charge in [0.15, 0.2) is 0 Å². The van der Waals surface area contributed by atoms with Crippen LogP contribution in [0.15, 0.2) is 24.3 Å². The summed E-state index contributed by atoms with van der Waals surface area (Å²) in [4.78, 5) is 37.9. The van der Waals surface area contributed by atoms with Crippen molar-refractivity contribution in [3.63, 3.8) is 0 Å². The first kappa shape index (κ1) is 16.7. The second kappa shape index (κ2) is 6.06. The third kappa shape index (κ3) is 2.14. The van der Waals surface area contributed by atoms with Gasteiger partial charge in [0.25, 0.3) is 0 Å². The maximum atomic E-state index is 12.7. The number of nitrogens with zero attached hydrogens (tertiary/aromatic N) is 2. The van der Waals surface area contributed by atoms with Crippen LogP contribution in [0.4, 0.5) is 0 Å². The van der Waals surface area contributed by atoms with Gasteiger partial charge in [-0.25, -0.2) is 0 Å². The maximum Gasteiger partial charge on any atom is 0.329 e. The van der Waals surface area contributed by atoms with Gasteiger partial charge in [-0.3, -0.25) is 19.0 Å². The highest BCUT2D eigenvalue weighted by atomic mass is 16.5. The lowest BCUT2D eigenvalue weighted by atomic mass is 9.75. The average molecular weight is 340 g/mol. The van der Waals surface area contributed by atoms with Crippen LogP contribution in [0.3, 0.4) is 0 Å². The van der Waals surface area contributed by atoms with E-state index in [1.165, 1.54) is 18.8 Å². The SMILES string of the molecule is COC(=O)C1(C(=O)OC)CCC(=O)n2c1c(CC#N)c1ccccc12.